The molecule has 0 fully saturated rings. The van der Waals surface area contributed by atoms with Crippen LogP contribution in [0.1, 0.15) is 311 Å². The van der Waals surface area contributed by atoms with Crippen molar-refractivity contribution in [2.75, 3.05) is 39.6 Å². The van der Waals surface area contributed by atoms with E-state index >= 15 is 0 Å². The first-order chi connectivity index (χ1) is 39.4. The number of esters is 4. The third-order valence-corrected chi connectivity index (χ3v) is 16.4. The lowest BCUT2D eigenvalue weighted by Crippen LogP contribution is -2.30. The first kappa shape index (κ1) is 80.1. The molecule has 0 bridgehead atoms. The van der Waals surface area contributed by atoms with Crippen LogP contribution >= 0.6 is 15.6 Å². The molecule has 0 spiro atoms. The molecule has 0 rings (SSSR count). The monoisotopic (exact) mass is 1210 g/mol. The van der Waals surface area contributed by atoms with Crippen LogP contribution in [0, 0.1) is 11.8 Å². The Bertz CT molecular complexity index is 1620. The van der Waals surface area contributed by atoms with Crippen molar-refractivity contribution in [1.82, 2.24) is 0 Å². The summed E-state index contributed by atoms with van der Waals surface area (Å²) >= 11 is 0. The van der Waals surface area contributed by atoms with E-state index in [2.05, 4.69) is 41.5 Å². The zero-order valence-corrected chi connectivity index (χ0v) is 54.6. The second-order valence-electron chi connectivity index (χ2n) is 23.7. The Morgan fingerprint density at radius 2 is 0.561 bits per heavy atom. The molecule has 0 aliphatic carbocycles. The number of aliphatic hydroxyl groups is 1. The Morgan fingerprint density at radius 1 is 0.329 bits per heavy atom. The predicted molar refractivity (Wildman–Crippen MR) is 326 cm³/mol. The Labute approximate surface area is 498 Å². The van der Waals surface area contributed by atoms with Gasteiger partial charge in [-0.15, -0.1) is 0 Å². The Balaban J connectivity index is 5.22. The third-order valence-electron chi connectivity index (χ3n) is 14.5. The summed E-state index contributed by atoms with van der Waals surface area (Å²) in [5.41, 5.74) is 0. The quantitative estimate of drug-likeness (QED) is 0.0222. The molecule has 0 saturated heterocycles. The van der Waals surface area contributed by atoms with Gasteiger partial charge in [0.15, 0.2) is 12.2 Å². The molecule has 0 saturated carbocycles. The molecule has 486 valence electrons. The number of carbonyl (C=O) groups excluding carboxylic acids is 4. The molecule has 0 heterocycles. The van der Waals surface area contributed by atoms with Gasteiger partial charge in [0, 0.05) is 25.7 Å². The summed E-state index contributed by atoms with van der Waals surface area (Å²) in [5, 5.41) is 10.5. The summed E-state index contributed by atoms with van der Waals surface area (Å²) in [6, 6.07) is 0. The first-order valence-corrected chi connectivity index (χ1v) is 36.0. The molecule has 19 heteroatoms. The summed E-state index contributed by atoms with van der Waals surface area (Å²) < 4.78 is 67.9. The van der Waals surface area contributed by atoms with E-state index in [0.717, 1.165) is 102 Å². The molecule has 5 atom stereocenters. The van der Waals surface area contributed by atoms with Gasteiger partial charge >= 0.3 is 39.5 Å². The van der Waals surface area contributed by atoms with Crippen molar-refractivity contribution in [3.05, 3.63) is 0 Å². The summed E-state index contributed by atoms with van der Waals surface area (Å²) in [4.78, 5) is 72.1. The average molecular weight is 1210 g/mol. The van der Waals surface area contributed by atoms with Gasteiger partial charge in [0.05, 0.1) is 26.4 Å². The van der Waals surface area contributed by atoms with Crippen molar-refractivity contribution in [3.8, 4) is 0 Å². The summed E-state index contributed by atoms with van der Waals surface area (Å²) in [6.07, 6.45) is 37.6. The van der Waals surface area contributed by atoms with Gasteiger partial charge in [0.2, 0.25) is 0 Å². The maximum absolute atomic E-state index is 13.0. The molecule has 0 aromatic carbocycles. The van der Waals surface area contributed by atoms with E-state index in [4.69, 9.17) is 37.0 Å². The smallest absolute Gasteiger partial charge is 0.462 e. The predicted octanol–water partition coefficient (Wildman–Crippen LogP) is 17.3. The van der Waals surface area contributed by atoms with E-state index in [1.54, 1.807) is 0 Å². The summed E-state index contributed by atoms with van der Waals surface area (Å²) in [7, 11) is -9.88. The van der Waals surface area contributed by atoms with Gasteiger partial charge in [-0.2, -0.15) is 0 Å². The van der Waals surface area contributed by atoms with Gasteiger partial charge < -0.3 is 33.8 Å². The Morgan fingerprint density at radius 3 is 0.829 bits per heavy atom. The fourth-order valence-electron chi connectivity index (χ4n) is 9.35. The van der Waals surface area contributed by atoms with Crippen LogP contribution in [0.4, 0.5) is 0 Å². The van der Waals surface area contributed by atoms with Crippen molar-refractivity contribution in [3.63, 3.8) is 0 Å². The molecular formula is C63H122O17P2. The van der Waals surface area contributed by atoms with Gasteiger partial charge in [-0.1, -0.05) is 260 Å². The fourth-order valence-corrected chi connectivity index (χ4v) is 10.9. The van der Waals surface area contributed by atoms with Crippen molar-refractivity contribution >= 4 is 39.5 Å². The van der Waals surface area contributed by atoms with Crippen LogP contribution in [-0.2, 0) is 65.4 Å². The Hall–Kier alpha value is -1.94. The lowest BCUT2D eigenvalue weighted by Gasteiger charge is -2.21. The van der Waals surface area contributed by atoms with E-state index < -0.39 is 97.5 Å². The van der Waals surface area contributed by atoms with Gasteiger partial charge in [-0.05, 0) is 37.5 Å². The number of hydrogen-bond donors (Lipinski definition) is 3. The normalized spacial score (nSPS) is 14.3. The van der Waals surface area contributed by atoms with Crippen molar-refractivity contribution in [2.45, 2.75) is 330 Å². The minimum Gasteiger partial charge on any atom is -0.462 e. The topological polar surface area (TPSA) is 237 Å². The second-order valence-corrected chi connectivity index (χ2v) is 26.7. The molecule has 0 amide bonds. The molecule has 3 N–H and O–H groups in total. The zero-order chi connectivity index (χ0) is 60.8. The number of phosphoric acid groups is 2. The zero-order valence-electron chi connectivity index (χ0n) is 52.8. The average Bonchev–Trinajstić information content (AvgIpc) is 3.46. The number of ether oxygens (including phenoxy) is 4. The number of rotatable bonds is 62. The largest absolute Gasteiger partial charge is 0.472 e. The SMILES string of the molecule is CCCCCCCCCCCC(=O)OC[C@H](COP(=O)(O)OC[C@H](O)COP(=O)(O)OC[C@@H](COC(=O)CCCCCCCCCC(C)C)OC(=O)CCCCCCCCCCCCCC(C)C)OC(=O)CCCCCCCCCCC. The van der Waals surface area contributed by atoms with Crippen molar-refractivity contribution in [1.29, 1.82) is 0 Å². The van der Waals surface area contributed by atoms with E-state index in [0.29, 0.717) is 31.6 Å². The molecule has 2 unspecified atom stereocenters. The minimum atomic E-state index is -4.94. The van der Waals surface area contributed by atoms with E-state index in [9.17, 15) is 43.2 Å². The van der Waals surface area contributed by atoms with Crippen molar-refractivity contribution in [2.24, 2.45) is 11.8 Å². The van der Waals surface area contributed by atoms with E-state index in [1.165, 1.54) is 122 Å². The van der Waals surface area contributed by atoms with Crippen LogP contribution in [0.2, 0.25) is 0 Å². The number of hydrogen-bond acceptors (Lipinski definition) is 15. The third kappa shape index (κ3) is 57.2. The molecule has 0 radical (unpaired) electrons. The molecule has 17 nitrogen and oxygen atoms in total. The lowest BCUT2D eigenvalue weighted by atomic mass is 10.0. The van der Waals surface area contributed by atoms with Crippen molar-refractivity contribution < 1.29 is 80.2 Å². The highest BCUT2D eigenvalue weighted by Gasteiger charge is 2.30. The van der Waals surface area contributed by atoms with Crippen LogP contribution in [0.25, 0.3) is 0 Å². The van der Waals surface area contributed by atoms with Crippen LogP contribution in [-0.4, -0.2) is 96.7 Å². The lowest BCUT2D eigenvalue weighted by molar-refractivity contribution is -0.161. The number of carbonyl (C=O) groups is 4. The molecule has 0 aliphatic rings. The van der Waals surface area contributed by atoms with Crippen LogP contribution < -0.4 is 0 Å². The summed E-state index contributed by atoms with van der Waals surface area (Å²) in [5.74, 6) is -0.667. The highest BCUT2D eigenvalue weighted by molar-refractivity contribution is 7.47. The minimum absolute atomic E-state index is 0.105. The van der Waals surface area contributed by atoms with Crippen LogP contribution in [0.15, 0.2) is 0 Å². The standard InChI is InChI=1S/C63H122O17P2/c1-7-9-11-13-15-20-27-33-39-45-60(65)73-51-58(79-62(67)47-41-35-28-21-16-14-12-10-8-2)53-77-81(69,70)75-49-57(64)50-76-82(71,72)78-54-59(52-74-61(66)46-40-34-30-24-26-32-38-44-56(5)6)80-63(68)48-42-36-29-23-19-17-18-22-25-31-37-43-55(3)4/h55-59,64H,7-54H2,1-6H3,(H,69,70)(H,71,72)/t57-,58+,59+/m0/s1. The van der Waals surface area contributed by atoms with Gasteiger partial charge in [-0.3, -0.25) is 37.3 Å². The number of aliphatic hydroxyl groups excluding tert-OH is 1. The highest BCUT2D eigenvalue weighted by Crippen LogP contribution is 2.45. The molecule has 0 aromatic heterocycles. The fraction of sp³-hybridized carbons (Fsp3) is 0.937. The van der Waals surface area contributed by atoms with Gasteiger partial charge in [0.1, 0.15) is 19.3 Å². The molecule has 82 heavy (non-hydrogen) atoms. The van der Waals surface area contributed by atoms with E-state index in [-0.39, 0.29) is 25.7 Å². The first-order valence-electron chi connectivity index (χ1n) is 33.0. The number of unbranched alkanes of at least 4 members (excludes halogenated alkanes) is 32. The summed E-state index contributed by atoms with van der Waals surface area (Å²) in [6.45, 7) is 9.40. The van der Waals surface area contributed by atoms with Crippen LogP contribution in [0.5, 0.6) is 0 Å². The van der Waals surface area contributed by atoms with Gasteiger partial charge in [0.25, 0.3) is 0 Å². The molecule has 0 aliphatic heterocycles. The Kier molecular flexibility index (Phi) is 54.3. The van der Waals surface area contributed by atoms with Gasteiger partial charge in [-0.25, -0.2) is 9.13 Å². The molecule has 0 aromatic rings. The highest BCUT2D eigenvalue weighted by atomic mass is 31.2. The molecular weight excluding hydrogens is 1090 g/mol. The number of phosphoric ester groups is 2. The van der Waals surface area contributed by atoms with E-state index in [1.807, 2.05) is 0 Å². The second kappa shape index (κ2) is 55.6. The maximum Gasteiger partial charge on any atom is 0.472 e. The van der Waals surface area contributed by atoms with Crippen LogP contribution in [0.3, 0.4) is 0 Å². The maximum atomic E-state index is 13.0.